The predicted molar refractivity (Wildman–Crippen MR) is 126 cm³/mol. The Kier molecular flexibility index (Phi) is 6.16. The van der Waals surface area contributed by atoms with Crippen molar-refractivity contribution >= 4 is 51.6 Å². The Morgan fingerprint density at radius 2 is 1.94 bits per heavy atom. The Morgan fingerprint density at radius 3 is 2.71 bits per heavy atom. The molecule has 1 aromatic heterocycles. The zero-order valence-electron chi connectivity index (χ0n) is 16.5. The highest BCUT2D eigenvalue weighted by atomic mass is 35.5. The summed E-state index contributed by atoms with van der Waals surface area (Å²) in [6.07, 6.45) is 0.200. The van der Waals surface area contributed by atoms with Crippen LogP contribution in [0.1, 0.15) is 5.56 Å². The lowest BCUT2D eigenvalue weighted by Gasteiger charge is -2.10. The fourth-order valence-electron chi connectivity index (χ4n) is 3.01. The molecule has 8 heteroatoms. The molecule has 31 heavy (non-hydrogen) atoms. The number of benzene rings is 3. The zero-order valence-corrected chi connectivity index (χ0v) is 18.1. The number of anilines is 1. The van der Waals surface area contributed by atoms with Crippen molar-refractivity contribution in [2.45, 2.75) is 6.42 Å². The SMILES string of the molecule is COc1ccc2oc(-c3cccc(NC(=S)NC(=O)Cc4ccc(Cl)cc4)c3)nc2c1. The van der Waals surface area contributed by atoms with Gasteiger partial charge in [-0.25, -0.2) is 4.98 Å². The number of hydrogen-bond donors (Lipinski definition) is 2. The van der Waals surface area contributed by atoms with E-state index in [9.17, 15) is 4.79 Å². The molecule has 156 valence electrons. The monoisotopic (exact) mass is 451 g/mol. The Labute approximate surface area is 189 Å². The summed E-state index contributed by atoms with van der Waals surface area (Å²) in [5, 5.41) is 6.53. The van der Waals surface area contributed by atoms with Crippen LogP contribution in [0.5, 0.6) is 5.75 Å². The van der Waals surface area contributed by atoms with E-state index in [1.165, 1.54) is 0 Å². The van der Waals surface area contributed by atoms with Crippen molar-refractivity contribution in [3.8, 4) is 17.2 Å². The molecule has 0 aliphatic carbocycles. The molecule has 4 aromatic rings. The molecule has 1 amide bonds. The first-order valence-electron chi connectivity index (χ1n) is 9.40. The normalized spacial score (nSPS) is 10.6. The maximum atomic E-state index is 12.2. The number of oxazole rings is 1. The third-order valence-electron chi connectivity index (χ3n) is 4.49. The average Bonchev–Trinajstić information content (AvgIpc) is 3.18. The Balaban J connectivity index is 1.42. The van der Waals surface area contributed by atoms with Gasteiger partial charge in [0.1, 0.15) is 11.3 Å². The van der Waals surface area contributed by atoms with Crippen molar-refractivity contribution in [3.63, 3.8) is 0 Å². The van der Waals surface area contributed by atoms with Crippen molar-refractivity contribution in [1.29, 1.82) is 0 Å². The first kappa shape index (κ1) is 20.8. The molecule has 2 N–H and O–H groups in total. The van der Waals surface area contributed by atoms with Gasteiger partial charge < -0.3 is 19.8 Å². The molecule has 4 rings (SSSR count). The number of nitrogens with zero attached hydrogens (tertiary/aromatic N) is 1. The van der Waals surface area contributed by atoms with Crippen molar-refractivity contribution < 1.29 is 13.9 Å². The van der Waals surface area contributed by atoms with E-state index < -0.39 is 0 Å². The number of amides is 1. The summed E-state index contributed by atoms with van der Waals surface area (Å²) in [6, 6.07) is 20.0. The maximum Gasteiger partial charge on any atom is 0.230 e. The van der Waals surface area contributed by atoms with Crippen LogP contribution in [0.15, 0.2) is 71.1 Å². The fourth-order valence-corrected chi connectivity index (χ4v) is 3.37. The summed E-state index contributed by atoms with van der Waals surface area (Å²) in [7, 11) is 1.61. The highest BCUT2D eigenvalue weighted by molar-refractivity contribution is 7.80. The molecule has 0 atom stereocenters. The summed E-state index contributed by atoms with van der Waals surface area (Å²) < 4.78 is 11.1. The van der Waals surface area contributed by atoms with Gasteiger partial charge in [0, 0.05) is 22.3 Å². The molecular formula is C23H18ClN3O3S. The van der Waals surface area contributed by atoms with Crippen LogP contribution in [0.3, 0.4) is 0 Å². The lowest BCUT2D eigenvalue weighted by molar-refractivity contribution is -0.119. The quantitative estimate of drug-likeness (QED) is 0.405. The Morgan fingerprint density at radius 1 is 1.13 bits per heavy atom. The third kappa shape index (κ3) is 5.20. The van der Waals surface area contributed by atoms with Crippen molar-refractivity contribution in [2.24, 2.45) is 0 Å². The van der Waals surface area contributed by atoms with E-state index in [2.05, 4.69) is 15.6 Å². The van der Waals surface area contributed by atoms with Gasteiger partial charge in [-0.15, -0.1) is 0 Å². The lowest BCUT2D eigenvalue weighted by Crippen LogP contribution is -2.35. The highest BCUT2D eigenvalue weighted by Crippen LogP contribution is 2.28. The van der Waals surface area contributed by atoms with E-state index >= 15 is 0 Å². The van der Waals surface area contributed by atoms with Crippen molar-refractivity contribution in [1.82, 2.24) is 10.3 Å². The van der Waals surface area contributed by atoms with Crippen molar-refractivity contribution in [3.05, 3.63) is 77.3 Å². The van der Waals surface area contributed by atoms with Crippen LogP contribution in [0.25, 0.3) is 22.6 Å². The minimum atomic E-state index is -0.219. The second-order valence-corrected chi connectivity index (χ2v) is 7.58. The van der Waals surface area contributed by atoms with Gasteiger partial charge in [0.25, 0.3) is 0 Å². The molecule has 0 spiro atoms. The summed E-state index contributed by atoms with van der Waals surface area (Å²) >= 11 is 11.1. The summed E-state index contributed by atoms with van der Waals surface area (Å²) in [5.41, 5.74) is 3.70. The van der Waals surface area contributed by atoms with E-state index in [4.69, 9.17) is 33.0 Å². The molecule has 0 saturated carbocycles. The summed E-state index contributed by atoms with van der Waals surface area (Å²) in [6.45, 7) is 0. The van der Waals surface area contributed by atoms with Crippen molar-refractivity contribution in [2.75, 3.05) is 12.4 Å². The van der Waals surface area contributed by atoms with Crippen LogP contribution < -0.4 is 15.4 Å². The second-order valence-electron chi connectivity index (χ2n) is 6.74. The standard InChI is InChI=1S/C23H18ClN3O3S/c1-29-18-9-10-20-19(13-18)26-22(30-20)15-3-2-4-17(12-15)25-23(31)27-21(28)11-14-5-7-16(24)8-6-14/h2-10,12-13H,11H2,1H3,(H2,25,27,28,31). The molecule has 0 radical (unpaired) electrons. The topological polar surface area (TPSA) is 76.4 Å². The predicted octanol–water partition coefficient (Wildman–Crippen LogP) is 5.21. The molecule has 0 bridgehead atoms. The number of hydrogen-bond acceptors (Lipinski definition) is 5. The number of halogens is 1. The minimum Gasteiger partial charge on any atom is -0.497 e. The lowest BCUT2D eigenvalue weighted by atomic mass is 10.1. The smallest absolute Gasteiger partial charge is 0.230 e. The minimum absolute atomic E-state index is 0.200. The first-order valence-corrected chi connectivity index (χ1v) is 10.2. The molecule has 0 aliphatic rings. The number of aromatic nitrogens is 1. The number of fused-ring (bicyclic) bond motifs is 1. The van der Waals surface area contributed by atoms with Crippen LogP contribution >= 0.6 is 23.8 Å². The molecule has 6 nitrogen and oxygen atoms in total. The Bertz CT molecular complexity index is 1250. The number of nitrogens with one attached hydrogen (secondary N) is 2. The molecule has 1 heterocycles. The van der Waals surface area contributed by atoms with E-state index in [0.29, 0.717) is 33.4 Å². The van der Waals surface area contributed by atoms with Crippen LogP contribution in [0.4, 0.5) is 5.69 Å². The van der Waals surface area contributed by atoms with Gasteiger partial charge in [-0.3, -0.25) is 4.79 Å². The van der Waals surface area contributed by atoms with E-state index in [1.54, 1.807) is 31.4 Å². The molecule has 0 saturated heterocycles. The average molecular weight is 452 g/mol. The molecule has 0 fully saturated rings. The van der Waals surface area contributed by atoms with Crippen LogP contribution in [0, 0.1) is 0 Å². The van der Waals surface area contributed by atoms with E-state index in [-0.39, 0.29) is 17.4 Å². The number of rotatable bonds is 5. The summed E-state index contributed by atoms with van der Waals surface area (Å²) in [4.78, 5) is 16.8. The van der Waals surface area contributed by atoms with Crippen LogP contribution in [-0.4, -0.2) is 23.1 Å². The number of carbonyl (C=O) groups excluding carboxylic acids is 1. The molecule has 0 aliphatic heterocycles. The zero-order chi connectivity index (χ0) is 21.8. The molecule has 3 aromatic carbocycles. The number of carbonyl (C=O) groups is 1. The van der Waals surface area contributed by atoms with Gasteiger partial charge in [0.05, 0.1) is 13.5 Å². The van der Waals surface area contributed by atoms with E-state index in [0.717, 1.165) is 11.1 Å². The van der Waals surface area contributed by atoms with Gasteiger partial charge in [-0.1, -0.05) is 29.8 Å². The number of ether oxygens (including phenoxy) is 1. The summed E-state index contributed by atoms with van der Waals surface area (Å²) in [5.74, 6) is 0.968. The third-order valence-corrected chi connectivity index (χ3v) is 4.95. The van der Waals surface area contributed by atoms with Crippen LogP contribution in [-0.2, 0) is 11.2 Å². The largest absolute Gasteiger partial charge is 0.497 e. The van der Waals surface area contributed by atoms with Gasteiger partial charge in [-0.2, -0.15) is 0 Å². The van der Waals surface area contributed by atoms with Gasteiger partial charge in [0.15, 0.2) is 10.7 Å². The fraction of sp³-hybridized carbons (Fsp3) is 0.0870. The van der Waals surface area contributed by atoms with Gasteiger partial charge in [-0.05, 0) is 60.2 Å². The number of thiocarbonyl (C=S) groups is 1. The Hall–Kier alpha value is -3.42. The van der Waals surface area contributed by atoms with Crippen LogP contribution in [0.2, 0.25) is 5.02 Å². The van der Waals surface area contributed by atoms with Gasteiger partial charge >= 0.3 is 0 Å². The number of methoxy groups -OCH3 is 1. The maximum absolute atomic E-state index is 12.2. The van der Waals surface area contributed by atoms with Gasteiger partial charge in [0.2, 0.25) is 11.8 Å². The highest BCUT2D eigenvalue weighted by Gasteiger charge is 2.11. The second kappa shape index (κ2) is 9.16. The first-order chi connectivity index (χ1) is 15.0. The van der Waals surface area contributed by atoms with E-state index in [1.807, 2.05) is 42.5 Å². The molecule has 0 unspecified atom stereocenters. The molecular weight excluding hydrogens is 434 g/mol.